The van der Waals surface area contributed by atoms with Crippen molar-refractivity contribution in [3.05, 3.63) is 30.2 Å². The molecule has 1 saturated carbocycles. The minimum atomic E-state index is 0.245. The zero-order valence-electron chi connectivity index (χ0n) is 16.9. The molecule has 0 radical (unpaired) electrons. The Hall–Kier alpha value is -1.91. The SMILES string of the molecule is CC(C)(C)C1CCC(C(=O)N2CCC(c3nnc4ccccn34)CC2)CC1. The number of fused-ring (bicyclic) bond motifs is 1. The molecule has 5 nitrogen and oxygen atoms in total. The van der Waals surface area contributed by atoms with Crippen molar-refractivity contribution in [2.24, 2.45) is 17.3 Å². The van der Waals surface area contributed by atoms with Gasteiger partial charge in [-0.1, -0.05) is 26.8 Å². The number of pyridine rings is 1. The number of carbonyl (C=O) groups is 1. The van der Waals surface area contributed by atoms with Gasteiger partial charge >= 0.3 is 0 Å². The van der Waals surface area contributed by atoms with Crippen molar-refractivity contribution in [2.75, 3.05) is 13.1 Å². The highest BCUT2D eigenvalue weighted by molar-refractivity contribution is 5.79. The van der Waals surface area contributed by atoms with Crippen LogP contribution in [-0.4, -0.2) is 38.5 Å². The van der Waals surface area contributed by atoms with Gasteiger partial charge in [-0.25, -0.2) is 0 Å². The van der Waals surface area contributed by atoms with Gasteiger partial charge in [0.25, 0.3) is 0 Å². The number of aromatic nitrogens is 3. The smallest absolute Gasteiger partial charge is 0.225 e. The molecule has 0 spiro atoms. The number of hydrogen-bond acceptors (Lipinski definition) is 3. The third-order valence-corrected chi connectivity index (χ3v) is 6.81. The minimum Gasteiger partial charge on any atom is -0.342 e. The molecular weight excluding hydrogens is 336 g/mol. The van der Waals surface area contributed by atoms with E-state index in [1.165, 1.54) is 12.8 Å². The summed E-state index contributed by atoms with van der Waals surface area (Å²) >= 11 is 0. The Bertz CT molecular complexity index is 790. The third-order valence-electron chi connectivity index (χ3n) is 6.81. The molecule has 1 aliphatic carbocycles. The number of piperidine rings is 1. The van der Waals surface area contributed by atoms with Crippen molar-refractivity contribution in [3.63, 3.8) is 0 Å². The molecule has 4 rings (SSSR count). The number of hydrogen-bond donors (Lipinski definition) is 0. The van der Waals surface area contributed by atoms with Crippen LogP contribution in [0.15, 0.2) is 24.4 Å². The van der Waals surface area contributed by atoms with Gasteiger partial charge in [-0.05, 0) is 62.0 Å². The minimum absolute atomic E-state index is 0.245. The summed E-state index contributed by atoms with van der Waals surface area (Å²) in [5.74, 6) is 2.83. The fraction of sp³-hybridized carbons (Fsp3) is 0.682. The monoisotopic (exact) mass is 368 g/mol. The van der Waals surface area contributed by atoms with Gasteiger partial charge in [0.05, 0.1) is 0 Å². The van der Waals surface area contributed by atoms with E-state index in [2.05, 4.69) is 40.3 Å². The Morgan fingerprint density at radius 1 is 1.00 bits per heavy atom. The van der Waals surface area contributed by atoms with E-state index in [0.717, 1.165) is 56.2 Å². The normalized spacial score (nSPS) is 25.1. The first kappa shape index (κ1) is 18.5. The summed E-state index contributed by atoms with van der Waals surface area (Å²) in [5, 5.41) is 8.70. The summed E-state index contributed by atoms with van der Waals surface area (Å²) in [6.45, 7) is 8.70. The van der Waals surface area contributed by atoms with Crippen molar-refractivity contribution in [1.29, 1.82) is 0 Å². The predicted octanol–water partition coefficient (Wildman–Crippen LogP) is 4.29. The molecule has 0 unspecified atom stereocenters. The van der Waals surface area contributed by atoms with Crippen LogP contribution < -0.4 is 0 Å². The first-order valence-electron chi connectivity index (χ1n) is 10.5. The lowest BCUT2D eigenvalue weighted by Gasteiger charge is -2.39. The number of amides is 1. The van der Waals surface area contributed by atoms with Gasteiger partial charge in [0.1, 0.15) is 5.82 Å². The van der Waals surface area contributed by atoms with Crippen LogP contribution in [0.5, 0.6) is 0 Å². The third kappa shape index (κ3) is 3.74. The lowest BCUT2D eigenvalue weighted by Crippen LogP contribution is -2.43. The second-order valence-corrected chi connectivity index (χ2v) is 9.50. The molecule has 0 aromatic carbocycles. The number of likely N-dealkylation sites (tertiary alicyclic amines) is 1. The Labute approximate surface area is 162 Å². The molecule has 3 heterocycles. The van der Waals surface area contributed by atoms with E-state index in [1.807, 2.05) is 24.4 Å². The lowest BCUT2D eigenvalue weighted by molar-refractivity contribution is -0.138. The second kappa shape index (κ2) is 7.25. The largest absolute Gasteiger partial charge is 0.342 e. The fourth-order valence-electron chi connectivity index (χ4n) is 4.96. The molecule has 2 fully saturated rings. The highest BCUT2D eigenvalue weighted by atomic mass is 16.2. The van der Waals surface area contributed by atoms with Crippen LogP contribution in [0.1, 0.15) is 71.0 Å². The van der Waals surface area contributed by atoms with Gasteiger partial charge in [-0.3, -0.25) is 9.20 Å². The Kier molecular flexibility index (Phi) is 4.95. The molecule has 0 N–H and O–H groups in total. The lowest BCUT2D eigenvalue weighted by atomic mass is 9.69. The molecule has 2 aromatic heterocycles. The van der Waals surface area contributed by atoms with E-state index in [1.54, 1.807) is 0 Å². The van der Waals surface area contributed by atoms with Crippen LogP contribution in [0.25, 0.3) is 5.65 Å². The highest BCUT2D eigenvalue weighted by Gasteiger charge is 2.35. The highest BCUT2D eigenvalue weighted by Crippen LogP contribution is 2.40. The van der Waals surface area contributed by atoms with Gasteiger partial charge in [0.2, 0.25) is 5.91 Å². The zero-order chi connectivity index (χ0) is 19.0. The second-order valence-electron chi connectivity index (χ2n) is 9.50. The Morgan fingerprint density at radius 2 is 1.70 bits per heavy atom. The van der Waals surface area contributed by atoms with Gasteiger partial charge in [0, 0.05) is 31.1 Å². The quantitative estimate of drug-likeness (QED) is 0.795. The molecular formula is C22H32N4O. The first-order valence-corrected chi connectivity index (χ1v) is 10.5. The summed E-state index contributed by atoms with van der Waals surface area (Å²) in [4.78, 5) is 15.1. The maximum atomic E-state index is 13.0. The maximum Gasteiger partial charge on any atom is 0.225 e. The average molecular weight is 369 g/mol. The maximum absolute atomic E-state index is 13.0. The van der Waals surface area contributed by atoms with E-state index in [4.69, 9.17) is 0 Å². The number of rotatable bonds is 2. The molecule has 0 bridgehead atoms. The summed E-state index contributed by atoms with van der Waals surface area (Å²) in [5.41, 5.74) is 1.27. The van der Waals surface area contributed by atoms with Crippen molar-refractivity contribution in [3.8, 4) is 0 Å². The molecule has 27 heavy (non-hydrogen) atoms. The van der Waals surface area contributed by atoms with Gasteiger partial charge in [0.15, 0.2) is 5.65 Å². The molecule has 1 aliphatic heterocycles. The number of nitrogens with zero attached hydrogens (tertiary/aromatic N) is 4. The first-order chi connectivity index (χ1) is 12.9. The van der Waals surface area contributed by atoms with E-state index in [9.17, 15) is 4.79 Å². The summed E-state index contributed by atoms with van der Waals surface area (Å²) < 4.78 is 2.09. The standard InChI is InChI=1S/C22H32N4O/c1-22(2,3)18-9-7-17(8-10-18)21(27)25-14-11-16(12-15-25)20-24-23-19-6-4-5-13-26(19)20/h4-6,13,16-18H,7-12,14-15H2,1-3H3. The molecule has 1 amide bonds. The molecule has 5 heteroatoms. The van der Waals surface area contributed by atoms with Crippen LogP contribution in [0.2, 0.25) is 0 Å². The average Bonchev–Trinajstić information content (AvgIpc) is 3.11. The van der Waals surface area contributed by atoms with Crippen LogP contribution in [0.4, 0.5) is 0 Å². The molecule has 1 saturated heterocycles. The van der Waals surface area contributed by atoms with Crippen LogP contribution in [0, 0.1) is 17.3 Å². The van der Waals surface area contributed by atoms with Crippen LogP contribution >= 0.6 is 0 Å². The predicted molar refractivity (Wildman–Crippen MR) is 106 cm³/mol. The van der Waals surface area contributed by atoms with E-state index in [-0.39, 0.29) is 5.92 Å². The summed E-state index contributed by atoms with van der Waals surface area (Å²) in [6.07, 6.45) is 8.53. The molecule has 2 aromatic rings. The van der Waals surface area contributed by atoms with E-state index < -0.39 is 0 Å². The molecule has 0 atom stereocenters. The van der Waals surface area contributed by atoms with Crippen molar-refractivity contribution in [2.45, 2.75) is 65.2 Å². The van der Waals surface area contributed by atoms with Crippen molar-refractivity contribution < 1.29 is 4.79 Å². The van der Waals surface area contributed by atoms with Gasteiger partial charge in [-0.15, -0.1) is 10.2 Å². The number of carbonyl (C=O) groups excluding carboxylic acids is 1. The van der Waals surface area contributed by atoms with Crippen LogP contribution in [-0.2, 0) is 4.79 Å². The summed E-state index contributed by atoms with van der Waals surface area (Å²) in [7, 11) is 0. The Morgan fingerprint density at radius 3 is 2.37 bits per heavy atom. The van der Waals surface area contributed by atoms with E-state index in [0.29, 0.717) is 17.2 Å². The van der Waals surface area contributed by atoms with Crippen molar-refractivity contribution in [1.82, 2.24) is 19.5 Å². The van der Waals surface area contributed by atoms with Crippen LogP contribution in [0.3, 0.4) is 0 Å². The molecule has 146 valence electrons. The zero-order valence-corrected chi connectivity index (χ0v) is 16.9. The van der Waals surface area contributed by atoms with Gasteiger partial charge in [-0.2, -0.15) is 0 Å². The topological polar surface area (TPSA) is 50.5 Å². The fourth-order valence-corrected chi connectivity index (χ4v) is 4.96. The van der Waals surface area contributed by atoms with Crippen molar-refractivity contribution >= 4 is 11.6 Å². The van der Waals surface area contributed by atoms with Gasteiger partial charge < -0.3 is 4.90 Å². The molecule has 2 aliphatic rings. The Balaban J connectivity index is 1.33. The van der Waals surface area contributed by atoms with E-state index >= 15 is 0 Å². The summed E-state index contributed by atoms with van der Waals surface area (Å²) in [6, 6.07) is 6.00.